The zero-order valence-electron chi connectivity index (χ0n) is 11.7. The van der Waals surface area contributed by atoms with E-state index in [4.69, 9.17) is 0 Å². The van der Waals surface area contributed by atoms with Gasteiger partial charge in [0.05, 0.1) is 16.0 Å². The van der Waals surface area contributed by atoms with Crippen LogP contribution in [0.3, 0.4) is 0 Å². The largest absolute Gasteiger partial charge is 0.337 e. The molecule has 6 nitrogen and oxygen atoms in total. The molecule has 0 aliphatic carbocycles. The molecule has 1 N–H and O–H groups in total. The topological polar surface area (TPSA) is 84.7 Å². The van der Waals surface area contributed by atoms with E-state index in [9.17, 15) is 10.1 Å². The van der Waals surface area contributed by atoms with Gasteiger partial charge in [-0.15, -0.1) is 0 Å². The van der Waals surface area contributed by atoms with Crippen LogP contribution < -0.4 is 0 Å². The van der Waals surface area contributed by atoms with Crippen molar-refractivity contribution in [1.29, 1.82) is 0 Å². The van der Waals surface area contributed by atoms with Crippen LogP contribution in [-0.4, -0.2) is 19.9 Å². The van der Waals surface area contributed by atoms with Gasteiger partial charge in [-0.2, -0.15) is 0 Å². The van der Waals surface area contributed by atoms with Crippen LogP contribution in [0.25, 0.3) is 33.5 Å². The van der Waals surface area contributed by atoms with Crippen molar-refractivity contribution in [2.75, 3.05) is 0 Å². The molecule has 4 rings (SSSR count). The molecule has 112 valence electrons. The van der Waals surface area contributed by atoms with Crippen molar-refractivity contribution in [2.45, 2.75) is 0 Å². The third-order valence-electron chi connectivity index (χ3n) is 3.58. The Labute approximate surface area is 138 Å². The summed E-state index contributed by atoms with van der Waals surface area (Å²) >= 11 is 3.42. The van der Waals surface area contributed by atoms with Gasteiger partial charge >= 0.3 is 0 Å². The Balaban J connectivity index is 1.93. The lowest BCUT2D eigenvalue weighted by Gasteiger charge is -2.01. The Kier molecular flexibility index (Phi) is 3.09. The van der Waals surface area contributed by atoms with E-state index in [1.54, 1.807) is 18.2 Å². The molecule has 0 bridgehead atoms. The minimum absolute atomic E-state index is 0.0109. The molecule has 2 aromatic carbocycles. The van der Waals surface area contributed by atoms with Gasteiger partial charge in [0.15, 0.2) is 5.82 Å². The zero-order valence-corrected chi connectivity index (χ0v) is 13.2. The Morgan fingerprint density at radius 3 is 2.78 bits per heavy atom. The first-order valence-corrected chi connectivity index (χ1v) is 7.61. The van der Waals surface area contributed by atoms with E-state index in [-0.39, 0.29) is 5.69 Å². The fraction of sp³-hybridized carbons (Fsp3) is 0. The predicted octanol–water partition coefficient (Wildman–Crippen LogP) is 4.45. The van der Waals surface area contributed by atoms with Gasteiger partial charge < -0.3 is 4.98 Å². The molecular weight excluding hydrogens is 360 g/mol. The summed E-state index contributed by atoms with van der Waals surface area (Å²) in [6.07, 6.45) is 0. The van der Waals surface area contributed by atoms with Gasteiger partial charge in [-0.25, -0.2) is 9.97 Å². The third kappa shape index (κ3) is 2.35. The lowest BCUT2D eigenvalue weighted by molar-refractivity contribution is -0.383. The van der Waals surface area contributed by atoms with Gasteiger partial charge in [-0.3, -0.25) is 10.1 Å². The number of hydrogen-bond acceptors (Lipinski definition) is 4. The van der Waals surface area contributed by atoms with Crippen LogP contribution >= 0.6 is 15.9 Å². The number of nitrogens with one attached hydrogen (secondary N) is 1. The smallest absolute Gasteiger partial charge is 0.295 e. The highest BCUT2D eigenvalue weighted by Gasteiger charge is 2.15. The molecule has 7 heteroatoms. The lowest BCUT2D eigenvalue weighted by Crippen LogP contribution is -1.93. The monoisotopic (exact) mass is 368 g/mol. The van der Waals surface area contributed by atoms with Crippen LogP contribution in [0.1, 0.15) is 0 Å². The highest BCUT2D eigenvalue weighted by Crippen LogP contribution is 2.27. The van der Waals surface area contributed by atoms with Crippen LogP contribution in [0, 0.1) is 10.1 Å². The molecule has 0 fully saturated rings. The summed E-state index contributed by atoms with van der Waals surface area (Å²) in [5, 5.41) is 11.9. The Hall–Kier alpha value is -2.80. The minimum Gasteiger partial charge on any atom is -0.337 e. The summed E-state index contributed by atoms with van der Waals surface area (Å²) in [7, 11) is 0. The van der Waals surface area contributed by atoms with Gasteiger partial charge in [0, 0.05) is 15.9 Å². The van der Waals surface area contributed by atoms with Crippen molar-refractivity contribution in [3.05, 3.63) is 63.1 Å². The van der Waals surface area contributed by atoms with Crippen LogP contribution in [-0.2, 0) is 0 Å². The number of non-ortho nitro benzene ring substituents is 1. The van der Waals surface area contributed by atoms with Crippen molar-refractivity contribution in [2.24, 2.45) is 0 Å². The molecule has 0 amide bonds. The van der Waals surface area contributed by atoms with Crippen molar-refractivity contribution < 1.29 is 4.92 Å². The van der Waals surface area contributed by atoms with Gasteiger partial charge in [0.1, 0.15) is 11.2 Å². The van der Waals surface area contributed by atoms with E-state index in [2.05, 4.69) is 30.9 Å². The molecular formula is C16H9BrN4O2. The van der Waals surface area contributed by atoms with Crippen LogP contribution in [0.2, 0.25) is 0 Å². The number of aromatic nitrogens is 3. The van der Waals surface area contributed by atoms with Gasteiger partial charge in [0.25, 0.3) is 5.69 Å². The van der Waals surface area contributed by atoms with E-state index in [1.807, 2.05) is 24.3 Å². The van der Waals surface area contributed by atoms with Crippen LogP contribution in [0.4, 0.5) is 5.69 Å². The van der Waals surface area contributed by atoms with Crippen molar-refractivity contribution in [1.82, 2.24) is 15.0 Å². The van der Waals surface area contributed by atoms with Crippen molar-refractivity contribution >= 4 is 43.6 Å². The zero-order chi connectivity index (χ0) is 16.0. The molecule has 2 heterocycles. The first-order valence-electron chi connectivity index (χ1n) is 6.81. The van der Waals surface area contributed by atoms with Crippen molar-refractivity contribution in [3.8, 4) is 11.5 Å². The average molecular weight is 369 g/mol. The number of nitrogens with zero attached hydrogens (tertiary/aromatic N) is 3. The van der Waals surface area contributed by atoms with Gasteiger partial charge in [-0.05, 0) is 24.3 Å². The molecule has 0 radical (unpaired) electrons. The summed E-state index contributed by atoms with van der Waals surface area (Å²) in [6, 6.07) is 14.3. The number of benzene rings is 2. The number of nitro groups is 1. The first-order chi connectivity index (χ1) is 11.1. The van der Waals surface area contributed by atoms with E-state index >= 15 is 0 Å². The number of aromatic amines is 1. The first kappa shape index (κ1) is 13.8. The number of pyridine rings is 1. The number of fused-ring (bicyclic) bond motifs is 2. The quantitative estimate of drug-likeness (QED) is 0.418. The van der Waals surface area contributed by atoms with Crippen molar-refractivity contribution in [3.63, 3.8) is 0 Å². The number of halogens is 1. The highest BCUT2D eigenvalue weighted by molar-refractivity contribution is 9.10. The third-order valence-corrected chi connectivity index (χ3v) is 4.08. The summed E-state index contributed by atoms with van der Waals surface area (Å²) in [5.74, 6) is 0.582. The summed E-state index contributed by atoms with van der Waals surface area (Å²) in [5.41, 5.74) is 2.60. The predicted molar refractivity (Wildman–Crippen MR) is 91.2 cm³/mol. The minimum atomic E-state index is -0.422. The number of imidazole rings is 1. The fourth-order valence-corrected chi connectivity index (χ4v) is 2.87. The maximum absolute atomic E-state index is 11.2. The summed E-state index contributed by atoms with van der Waals surface area (Å²) < 4.78 is 0.947. The number of para-hydroxylation sites is 1. The van der Waals surface area contributed by atoms with Crippen LogP contribution in [0.15, 0.2) is 53.0 Å². The Bertz CT molecular complexity index is 1070. The molecule has 0 spiro atoms. The van der Waals surface area contributed by atoms with E-state index in [0.717, 1.165) is 20.9 Å². The summed E-state index contributed by atoms with van der Waals surface area (Å²) in [4.78, 5) is 22.9. The number of H-pyrrole nitrogens is 1. The maximum Gasteiger partial charge on any atom is 0.295 e. The fourth-order valence-electron chi connectivity index (χ4n) is 2.51. The molecule has 0 aliphatic heterocycles. The van der Waals surface area contributed by atoms with E-state index < -0.39 is 4.92 Å². The molecule has 0 unspecified atom stereocenters. The molecule has 4 aromatic rings. The maximum atomic E-state index is 11.2. The van der Waals surface area contributed by atoms with Gasteiger partial charge in [0.2, 0.25) is 0 Å². The molecule has 0 aliphatic rings. The Morgan fingerprint density at radius 2 is 1.96 bits per heavy atom. The molecule has 2 aromatic heterocycles. The summed E-state index contributed by atoms with van der Waals surface area (Å²) in [6.45, 7) is 0. The standard InChI is InChI=1S/C16H9BrN4O2/c17-10-5-7-11-13(8-10)20-16(19-11)12-6-4-9-2-1-3-14(21(22)23)15(9)18-12/h1-8H,(H,19,20). The van der Waals surface area contributed by atoms with E-state index in [0.29, 0.717) is 17.0 Å². The highest BCUT2D eigenvalue weighted by atomic mass is 79.9. The number of rotatable bonds is 2. The van der Waals surface area contributed by atoms with E-state index in [1.165, 1.54) is 6.07 Å². The average Bonchev–Trinajstić information content (AvgIpc) is 2.96. The second kappa shape index (κ2) is 5.13. The normalized spacial score (nSPS) is 11.2. The number of nitro benzene ring substituents is 1. The second-order valence-electron chi connectivity index (χ2n) is 5.05. The molecule has 23 heavy (non-hydrogen) atoms. The molecule has 0 atom stereocenters. The number of hydrogen-bond donors (Lipinski definition) is 1. The molecule has 0 saturated heterocycles. The molecule has 0 saturated carbocycles. The van der Waals surface area contributed by atoms with Crippen LogP contribution in [0.5, 0.6) is 0 Å². The van der Waals surface area contributed by atoms with Gasteiger partial charge in [-0.1, -0.05) is 34.1 Å². The second-order valence-corrected chi connectivity index (χ2v) is 5.97. The Morgan fingerprint density at radius 1 is 1.09 bits per heavy atom. The lowest BCUT2D eigenvalue weighted by atomic mass is 10.1. The SMILES string of the molecule is O=[N+]([O-])c1cccc2ccc(-c3nc4ccc(Br)cc4[nH]3)nc12.